The fourth-order valence-electron chi connectivity index (χ4n) is 2.29. The van der Waals surface area contributed by atoms with Crippen LogP contribution in [0.3, 0.4) is 0 Å². The predicted octanol–water partition coefficient (Wildman–Crippen LogP) is 1.99. The van der Waals surface area contributed by atoms with E-state index in [1.807, 2.05) is 4.90 Å². The number of hydrogen-bond donors (Lipinski definition) is 1. The number of carbonyl (C=O) groups excluding carboxylic acids is 1. The summed E-state index contributed by atoms with van der Waals surface area (Å²) in [5.41, 5.74) is 0.239. The Bertz CT molecular complexity index is 431. The van der Waals surface area contributed by atoms with Crippen molar-refractivity contribution in [2.75, 3.05) is 18.0 Å². The summed E-state index contributed by atoms with van der Waals surface area (Å²) in [6.45, 7) is 3.02. The van der Waals surface area contributed by atoms with E-state index in [0.717, 1.165) is 19.4 Å². The molecule has 1 heterocycles. The number of aldehydes is 1. The number of halogens is 1. The number of piperidine rings is 1. The number of β-amino-alcohol motifs (C(OH)–C–C–N with tert-alkyl or cyclic N) is 1. The number of benzene rings is 1. The first-order chi connectivity index (χ1) is 8.00. The zero-order valence-corrected chi connectivity index (χ0v) is 9.82. The fourth-order valence-corrected chi connectivity index (χ4v) is 2.29. The molecule has 1 aliphatic heterocycles. The molecule has 0 saturated carbocycles. The van der Waals surface area contributed by atoms with Gasteiger partial charge < -0.3 is 10.0 Å². The molecule has 1 aliphatic rings. The standard InChI is InChI=1S/C13H16FNO2/c1-13(17)3-2-4-15(9-13)12-6-10(8-16)5-11(14)7-12/h5-8,17H,2-4,9H2,1H3. The Morgan fingerprint density at radius 1 is 1.47 bits per heavy atom. The zero-order valence-electron chi connectivity index (χ0n) is 9.82. The normalized spacial score (nSPS) is 24.8. The van der Waals surface area contributed by atoms with Crippen LogP contribution in [0, 0.1) is 5.82 Å². The lowest BCUT2D eigenvalue weighted by Crippen LogP contribution is -2.46. The van der Waals surface area contributed by atoms with E-state index in [0.29, 0.717) is 24.1 Å². The van der Waals surface area contributed by atoms with Gasteiger partial charge in [0.2, 0.25) is 0 Å². The first-order valence-corrected chi connectivity index (χ1v) is 5.73. The van der Waals surface area contributed by atoms with Gasteiger partial charge in [-0.3, -0.25) is 4.79 Å². The van der Waals surface area contributed by atoms with Crippen LogP contribution in [0.15, 0.2) is 18.2 Å². The van der Waals surface area contributed by atoms with E-state index in [2.05, 4.69) is 0 Å². The average Bonchev–Trinajstić information content (AvgIpc) is 2.27. The molecule has 0 amide bonds. The van der Waals surface area contributed by atoms with Crippen LogP contribution in [0.4, 0.5) is 10.1 Å². The number of rotatable bonds is 2. The molecule has 1 fully saturated rings. The van der Waals surface area contributed by atoms with Crippen molar-refractivity contribution >= 4 is 12.0 Å². The monoisotopic (exact) mass is 237 g/mol. The lowest BCUT2D eigenvalue weighted by molar-refractivity contribution is 0.0449. The highest BCUT2D eigenvalue weighted by molar-refractivity contribution is 5.77. The zero-order chi connectivity index (χ0) is 12.5. The van der Waals surface area contributed by atoms with Crippen molar-refractivity contribution in [2.24, 2.45) is 0 Å². The molecule has 0 aromatic heterocycles. The van der Waals surface area contributed by atoms with Crippen LogP contribution in [0.2, 0.25) is 0 Å². The van der Waals surface area contributed by atoms with E-state index in [1.165, 1.54) is 12.1 Å². The summed E-state index contributed by atoms with van der Waals surface area (Å²) < 4.78 is 13.3. The number of carbonyl (C=O) groups is 1. The molecule has 3 nitrogen and oxygen atoms in total. The smallest absolute Gasteiger partial charge is 0.150 e. The average molecular weight is 237 g/mol. The van der Waals surface area contributed by atoms with E-state index < -0.39 is 11.4 Å². The lowest BCUT2D eigenvalue weighted by atomic mass is 9.94. The topological polar surface area (TPSA) is 40.5 Å². The maximum atomic E-state index is 13.3. The molecule has 1 aromatic carbocycles. The number of aliphatic hydroxyl groups is 1. The minimum absolute atomic E-state index is 0.324. The fraction of sp³-hybridized carbons (Fsp3) is 0.462. The molecule has 1 atom stereocenters. The van der Waals surface area contributed by atoms with Gasteiger partial charge in [0.25, 0.3) is 0 Å². The second-order valence-corrected chi connectivity index (χ2v) is 4.88. The van der Waals surface area contributed by atoms with Crippen molar-refractivity contribution < 1.29 is 14.3 Å². The van der Waals surface area contributed by atoms with Crippen molar-refractivity contribution in [1.29, 1.82) is 0 Å². The summed E-state index contributed by atoms with van der Waals surface area (Å²) in [5.74, 6) is -0.421. The second-order valence-electron chi connectivity index (χ2n) is 4.88. The first kappa shape index (κ1) is 12.0. The summed E-state index contributed by atoms with van der Waals surface area (Å²) >= 11 is 0. The maximum Gasteiger partial charge on any atom is 0.150 e. The maximum absolute atomic E-state index is 13.3. The van der Waals surface area contributed by atoms with Gasteiger partial charge in [0.15, 0.2) is 0 Å². The number of nitrogens with zero attached hydrogens (tertiary/aromatic N) is 1. The lowest BCUT2D eigenvalue weighted by Gasteiger charge is -2.38. The summed E-state index contributed by atoms with van der Waals surface area (Å²) in [6.07, 6.45) is 2.24. The van der Waals surface area contributed by atoms with Crippen LogP contribution < -0.4 is 4.90 Å². The van der Waals surface area contributed by atoms with E-state index >= 15 is 0 Å². The van der Waals surface area contributed by atoms with Gasteiger partial charge >= 0.3 is 0 Å². The van der Waals surface area contributed by atoms with Gasteiger partial charge in [-0.1, -0.05) is 0 Å². The third-order valence-corrected chi connectivity index (χ3v) is 3.08. The third-order valence-electron chi connectivity index (χ3n) is 3.08. The third kappa shape index (κ3) is 2.82. The Balaban J connectivity index is 2.27. The van der Waals surface area contributed by atoms with Crippen LogP contribution >= 0.6 is 0 Å². The summed E-state index contributed by atoms with van der Waals surface area (Å²) in [4.78, 5) is 12.6. The summed E-state index contributed by atoms with van der Waals surface area (Å²) in [6, 6.07) is 4.25. The number of anilines is 1. The van der Waals surface area contributed by atoms with E-state index in [1.54, 1.807) is 13.0 Å². The number of hydrogen-bond acceptors (Lipinski definition) is 3. The summed E-state index contributed by atoms with van der Waals surface area (Å²) in [5, 5.41) is 10.00. The van der Waals surface area contributed by atoms with Gasteiger partial charge in [-0.05, 0) is 38.0 Å². The summed E-state index contributed by atoms with van der Waals surface area (Å²) in [7, 11) is 0. The van der Waals surface area contributed by atoms with Crippen LogP contribution in [-0.4, -0.2) is 30.1 Å². The van der Waals surface area contributed by atoms with E-state index in [9.17, 15) is 14.3 Å². The molecule has 1 aromatic rings. The van der Waals surface area contributed by atoms with Crippen molar-refractivity contribution in [3.63, 3.8) is 0 Å². The Kier molecular flexibility index (Phi) is 3.15. The first-order valence-electron chi connectivity index (χ1n) is 5.73. The molecular formula is C13H16FNO2. The van der Waals surface area contributed by atoms with Crippen LogP contribution in [0.5, 0.6) is 0 Å². The molecule has 1 unspecified atom stereocenters. The van der Waals surface area contributed by atoms with Crippen molar-refractivity contribution in [3.8, 4) is 0 Å². The molecule has 0 radical (unpaired) electrons. The molecular weight excluding hydrogens is 221 g/mol. The van der Waals surface area contributed by atoms with Gasteiger partial charge in [-0.25, -0.2) is 4.39 Å². The Morgan fingerprint density at radius 3 is 2.88 bits per heavy atom. The molecule has 4 heteroatoms. The molecule has 17 heavy (non-hydrogen) atoms. The second kappa shape index (κ2) is 4.45. The van der Waals surface area contributed by atoms with Gasteiger partial charge in [-0.2, -0.15) is 0 Å². The molecule has 0 bridgehead atoms. The SMILES string of the molecule is CC1(O)CCCN(c2cc(F)cc(C=O)c2)C1. The molecule has 92 valence electrons. The molecule has 1 saturated heterocycles. The molecule has 1 N–H and O–H groups in total. The van der Waals surface area contributed by atoms with Crippen molar-refractivity contribution in [1.82, 2.24) is 0 Å². The van der Waals surface area contributed by atoms with E-state index in [-0.39, 0.29) is 0 Å². The van der Waals surface area contributed by atoms with Gasteiger partial charge in [-0.15, -0.1) is 0 Å². The predicted molar refractivity (Wildman–Crippen MR) is 63.9 cm³/mol. The highest BCUT2D eigenvalue weighted by atomic mass is 19.1. The minimum Gasteiger partial charge on any atom is -0.388 e. The quantitative estimate of drug-likeness (QED) is 0.800. The minimum atomic E-state index is -0.744. The van der Waals surface area contributed by atoms with Crippen molar-refractivity contribution in [3.05, 3.63) is 29.6 Å². The van der Waals surface area contributed by atoms with Crippen LogP contribution in [-0.2, 0) is 0 Å². The Hall–Kier alpha value is -1.42. The van der Waals surface area contributed by atoms with Gasteiger partial charge in [0, 0.05) is 24.3 Å². The van der Waals surface area contributed by atoms with E-state index in [4.69, 9.17) is 0 Å². The van der Waals surface area contributed by atoms with Gasteiger partial charge in [0.05, 0.1) is 5.60 Å². The largest absolute Gasteiger partial charge is 0.388 e. The van der Waals surface area contributed by atoms with Crippen LogP contribution in [0.1, 0.15) is 30.1 Å². The Morgan fingerprint density at radius 2 is 2.24 bits per heavy atom. The van der Waals surface area contributed by atoms with Gasteiger partial charge in [0.1, 0.15) is 12.1 Å². The molecule has 0 aliphatic carbocycles. The Labute approximate surface area is 99.9 Å². The van der Waals surface area contributed by atoms with Crippen LogP contribution in [0.25, 0.3) is 0 Å². The molecule has 0 spiro atoms. The highest BCUT2D eigenvalue weighted by Crippen LogP contribution is 2.26. The highest BCUT2D eigenvalue weighted by Gasteiger charge is 2.28. The molecule has 2 rings (SSSR count). The van der Waals surface area contributed by atoms with Crippen molar-refractivity contribution in [2.45, 2.75) is 25.4 Å².